The first-order valence-corrected chi connectivity index (χ1v) is 6.11. The smallest absolute Gasteiger partial charge is 0.294 e. The number of rotatable bonds is 2. The second-order valence-electron chi connectivity index (χ2n) is 4.29. The molecule has 1 aromatic heterocycles. The van der Waals surface area contributed by atoms with Crippen molar-refractivity contribution < 1.29 is 13.9 Å². The summed E-state index contributed by atoms with van der Waals surface area (Å²) in [7, 11) is 0. The van der Waals surface area contributed by atoms with Gasteiger partial charge in [-0.25, -0.2) is 0 Å². The van der Waals surface area contributed by atoms with Crippen molar-refractivity contribution in [2.24, 2.45) is 5.73 Å². The van der Waals surface area contributed by atoms with Gasteiger partial charge in [0.15, 0.2) is 5.76 Å². The van der Waals surface area contributed by atoms with Gasteiger partial charge in [0.05, 0.1) is 18.5 Å². The first-order chi connectivity index (χ1) is 9.29. The summed E-state index contributed by atoms with van der Waals surface area (Å²) in [6.45, 7) is 1.42. The van der Waals surface area contributed by atoms with Gasteiger partial charge in [0.2, 0.25) is 0 Å². The summed E-state index contributed by atoms with van der Waals surface area (Å²) < 4.78 is 10.7. The number of hydrogen-bond acceptors (Lipinski definition) is 4. The molecule has 0 saturated carbocycles. The van der Waals surface area contributed by atoms with Gasteiger partial charge in [-0.1, -0.05) is 6.07 Å². The van der Waals surface area contributed by atoms with E-state index >= 15 is 0 Å². The molecule has 1 aromatic carbocycles. The number of benzene rings is 1. The maximum atomic E-state index is 12.3. The lowest BCUT2D eigenvalue weighted by Gasteiger charge is -2.29. The van der Waals surface area contributed by atoms with Crippen molar-refractivity contribution in [1.29, 1.82) is 0 Å². The Hall–Kier alpha value is -2.27. The monoisotopic (exact) mass is 258 g/mol. The topological polar surface area (TPSA) is 68.7 Å². The Morgan fingerprint density at radius 3 is 3.00 bits per heavy atom. The summed E-state index contributed by atoms with van der Waals surface area (Å²) in [6, 6.07) is 8.99. The average molecular weight is 258 g/mol. The van der Waals surface area contributed by atoms with E-state index in [1.807, 2.05) is 18.2 Å². The van der Waals surface area contributed by atoms with Crippen molar-refractivity contribution in [1.82, 2.24) is 0 Å². The predicted molar refractivity (Wildman–Crippen MR) is 70.2 cm³/mol. The van der Waals surface area contributed by atoms with Crippen LogP contribution in [0, 0.1) is 0 Å². The molecule has 0 aliphatic carbocycles. The van der Waals surface area contributed by atoms with Crippen LogP contribution in [0.3, 0.4) is 0 Å². The Bertz CT molecular complexity index is 593. The van der Waals surface area contributed by atoms with Crippen LogP contribution in [-0.4, -0.2) is 19.1 Å². The molecule has 2 heterocycles. The number of fused-ring (bicyclic) bond motifs is 1. The minimum atomic E-state index is -0.157. The average Bonchev–Trinajstić information content (AvgIpc) is 2.99. The lowest BCUT2D eigenvalue weighted by Crippen LogP contribution is -2.37. The molecule has 1 aliphatic rings. The number of anilines is 1. The third-order valence-corrected chi connectivity index (χ3v) is 3.10. The van der Waals surface area contributed by atoms with Crippen molar-refractivity contribution in [2.75, 3.05) is 18.1 Å². The van der Waals surface area contributed by atoms with Gasteiger partial charge >= 0.3 is 0 Å². The van der Waals surface area contributed by atoms with E-state index in [2.05, 4.69) is 0 Å². The normalized spacial score (nSPS) is 13.8. The van der Waals surface area contributed by atoms with Crippen LogP contribution in [0.15, 0.2) is 41.0 Å². The van der Waals surface area contributed by atoms with E-state index in [0.29, 0.717) is 31.2 Å². The van der Waals surface area contributed by atoms with Crippen LogP contribution >= 0.6 is 0 Å². The van der Waals surface area contributed by atoms with Crippen LogP contribution in [0.25, 0.3) is 0 Å². The van der Waals surface area contributed by atoms with E-state index in [0.717, 1.165) is 11.3 Å². The number of hydrogen-bond donors (Lipinski definition) is 1. The number of carbonyl (C=O) groups is 1. The molecule has 0 spiro atoms. The molecule has 0 unspecified atom stereocenters. The van der Waals surface area contributed by atoms with Crippen LogP contribution in [-0.2, 0) is 6.54 Å². The van der Waals surface area contributed by atoms with Gasteiger partial charge in [-0.05, 0) is 29.8 Å². The van der Waals surface area contributed by atoms with E-state index < -0.39 is 0 Å². The molecule has 2 aromatic rings. The fraction of sp³-hybridized carbons (Fsp3) is 0.214. The molecule has 0 radical (unpaired) electrons. The highest BCUT2D eigenvalue weighted by Gasteiger charge is 2.26. The SMILES string of the molecule is NCc1ccc2c(c1)OCCN2C(=O)c1ccco1. The maximum absolute atomic E-state index is 12.3. The number of amides is 1. The molecule has 5 heteroatoms. The summed E-state index contributed by atoms with van der Waals surface area (Å²) in [6.07, 6.45) is 1.49. The maximum Gasteiger partial charge on any atom is 0.294 e. The Labute approximate surface area is 110 Å². The molecule has 1 aliphatic heterocycles. The molecular weight excluding hydrogens is 244 g/mol. The van der Waals surface area contributed by atoms with Crippen LogP contribution in [0.4, 0.5) is 5.69 Å². The molecule has 0 atom stereocenters. The van der Waals surface area contributed by atoms with E-state index in [1.165, 1.54) is 6.26 Å². The van der Waals surface area contributed by atoms with E-state index in [1.54, 1.807) is 17.0 Å². The second-order valence-corrected chi connectivity index (χ2v) is 4.29. The van der Waals surface area contributed by atoms with Crippen molar-refractivity contribution in [3.8, 4) is 5.75 Å². The molecule has 0 bridgehead atoms. The van der Waals surface area contributed by atoms with Crippen molar-refractivity contribution in [3.63, 3.8) is 0 Å². The summed E-state index contributed by atoms with van der Waals surface area (Å²) in [5.41, 5.74) is 7.34. The second kappa shape index (κ2) is 4.78. The Morgan fingerprint density at radius 2 is 2.26 bits per heavy atom. The molecular formula is C14H14N2O3. The lowest BCUT2D eigenvalue weighted by atomic mass is 10.1. The van der Waals surface area contributed by atoms with E-state index in [4.69, 9.17) is 14.9 Å². The van der Waals surface area contributed by atoms with Gasteiger partial charge in [-0.2, -0.15) is 0 Å². The fourth-order valence-electron chi connectivity index (χ4n) is 2.14. The first kappa shape index (κ1) is 11.8. The molecule has 0 saturated heterocycles. The zero-order chi connectivity index (χ0) is 13.2. The Kier molecular flexibility index (Phi) is 2.97. The molecule has 5 nitrogen and oxygen atoms in total. The molecule has 19 heavy (non-hydrogen) atoms. The molecule has 3 rings (SSSR count). The minimum Gasteiger partial charge on any atom is -0.490 e. The highest BCUT2D eigenvalue weighted by Crippen LogP contribution is 2.33. The van der Waals surface area contributed by atoms with Crippen molar-refractivity contribution in [3.05, 3.63) is 47.9 Å². The lowest BCUT2D eigenvalue weighted by molar-refractivity contribution is 0.0950. The zero-order valence-corrected chi connectivity index (χ0v) is 10.3. The van der Waals surface area contributed by atoms with Gasteiger partial charge in [-0.15, -0.1) is 0 Å². The van der Waals surface area contributed by atoms with Crippen LogP contribution in [0.1, 0.15) is 16.1 Å². The van der Waals surface area contributed by atoms with Gasteiger partial charge in [0.25, 0.3) is 5.91 Å². The number of nitrogens with zero attached hydrogens (tertiary/aromatic N) is 1. The van der Waals surface area contributed by atoms with Gasteiger partial charge < -0.3 is 14.9 Å². The standard InChI is InChI=1S/C14H14N2O3/c15-9-10-3-4-11-13(8-10)19-7-5-16(11)14(17)12-2-1-6-18-12/h1-4,6,8H,5,7,9,15H2. The van der Waals surface area contributed by atoms with E-state index in [9.17, 15) is 4.79 Å². The van der Waals surface area contributed by atoms with Crippen LogP contribution < -0.4 is 15.4 Å². The Balaban J connectivity index is 1.96. The van der Waals surface area contributed by atoms with Gasteiger partial charge in [0, 0.05) is 6.54 Å². The molecule has 2 N–H and O–H groups in total. The third kappa shape index (κ3) is 2.08. The van der Waals surface area contributed by atoms with E-state index in [-0.39, 0.29) is 5.91 Å². The summed E-state index contributed by atoms with van der Waals surface area (Å²) in [5, 5.41) is 0. The first-order valence-electron chi connectivity index (χ1n) is 6.11. The molecule has 1 amide bonds. The number of nitrogens with two attached hydrogens (primary N) is 1. The van der Waals surface area contributed by atoms with Gasteiger partial charge in [0.1, 0.15) is 12.4 Å². The molecule has 0 fully saturated rings. The number of ether oxygens (including phenoxy) is 1. The minimum absolute atomic E-state index is 0.157. The predicted octanol–water partition coefficient (Wildman–Crippen LogP) is 1.78. The summed E-state index contributed by atoms with van der Waals surface area (Å²) in [4.78, 5) is 14.0. The molecule has 98 valence electrons. The number of furan rings is 1. The fourth-order valence-corrected chi connectivity index (χ4v) is 2.14. The quantitative estimate of drug-likeness (QED) is 0.891. The largest absolute Gasteiger partial charge is 0.490 e. The van der Waals surface area contributed by atoms with Crippen molar-refractivity contribution >= 4 is 11.6 Å². The summed E-state index contributed by atoms with van der Waals surface area (Å²) >= 11 is 0. The number of carbonyl (C=O) groups excluding carboxylic acids is 1. The third-order valence-electron chi connectivity index (χ3n) is 3.10. The Morgan fingerprint density at radius 1 is 1.37 bits per heavy atom. The highest BCUT2D eigenvalue weighted by molar-refractivity contribution is 6.05. The zero-order valence-electron chi connectivity index (χ0n) is 10.3. The van der Waals surface area contributed by atoms with Crippen LogP contribution in [0.5, 0.6) is 5.75 Å². The van der Waals surface area contributed by atoms with Gasteiger partial charge in [-0.3, -0.25) is 9.69 Å². The van der Waals surface area contributed by atoms with Crippen molar-refractivity contribution in [2.45, 2.75) is 6.54 Å². The highest BCUT2D eigenvalue weighted by atomic mass is 16.5. The van der Waals surface area contributed by atoms with Crippen LogP contribution in [0.2, 0.25) is 0 Å². The summed E-state index contributed by atoms with van der Waals surface area (Å²) in [5.74, 6) is 0.861.